The van der Waals surface area contributed by atoms with Gasteiger partial charge in [-0.2, -0.15) is 0 Å². The molecule has 3 aromatic rings. The summed E-state index contributed by atoms with van der Waals surface area (Å²) in [5, 5.41) is 3.71. The second kappa shape index (κ2) is 4.55. The van der Waals surface area contributed by atoms with Gasteiger partial charge in [0.2, 0.25) is 5.76 Å². The molecule has 0 aliphatic heterocycles. The minimum absolute atomic E-state index is 0.188. The molecule has 0 aliphatic carbocycles. The van der Waals surface area contributed by atoms with Crippen LogP contribution in [0.5, 0.6) is 0 Å². The Morgan fingerprint density at radius 3 is 2.74 bits per heavy atom. The number of furan rings is 1. The SMILES string of the molecule is Nc1noc(-c2ccc(Br)o2)c1-c1cccc(F)c1. The van der Waals surface area contributed by atoms with Gasteiger partial charge in [0.15, 0.2) is 16.2 Å². The third-order valence-corrected chi connectivity index (χ3v) is 3.05. The van der Waals surface area contributed by atoms with Gasteiger partial charge in [-0.1, -0.05) is 17.3 Å². The van der Waals surface area contributed by atoms with Crippen molar-refractivity contribution in [1.82, 2.24) is 5.16 Å². The zero-order chi connectivity index (χ0) is 13.4. The molecule has 96 valence electrons. The lowest BCUT2D eigenvalue weighted by atomic mass is 10.0. The summed E-state index contributed by atoms with van der Waals surface area (Å²) in [4.78, 5) is 0. The van der Waals surface area contributed by atoms with Gasteiger partial charge in [0.25, 0.3) is 0 Å². The maximum Gasteiger partial charge on any atom is 0.212 e. The van der Waals surface area contributed by atoms with Crippen molar-refractivity contribution in [3.63, 3.8) is 0 Å². The van der Waals surface area contributed by atoms with E-state index < -0.39 is 0 Å². The number of halogens is 2. The quantitative estimate of drug-likeness (QED) is 0.771. The van der Waals surface area contributed by atoms with Crippen LogP contribution in [0.2, 0.25) is 0 Å². The summed E-state index contributed by atoms with van der Waals surface area (Å²) in [6.45, 7) is 0. The molecule has 0 aliphatic rings. The van der Waals surface area contributed by atoms with Crippen molar-refractivity contribution < 1.29 is 13.3 Å². The molecule has 1 aromatic carbocycles. The van der Waals surface area contributed by atoms with Gasteiger partial charge in [-0.3, -0.25) is 0 Å². The van der Waals surface area contributed by atoms with E-state index in [2.05, 4.69) is 21.1 Å². The Hall–Kier alpha value is -2.08. The molecule has 2 heterocycles. The molecule has 0 atom stereocenters. The van der Waals surface area contributed by atoms with Crippen molar-refractivity contribution in [3.8, 4) is 22.6 Å². The highest BCUT2D eigenvalue weighted by Gasteiger charge is 2.20. The van der Waals surface area contributed by atoms with Crippen LogP contribution in [0, 0.1) is 5.82 Å². The number of aromatic nitrogens is 1. The van der Waals surface area contributed by atoms with Crippen LogP contribution >= 0.6 is 15.9 Å². The largest absolute Gasteiger partial charge is 0.446 e. The number of nitrogens with two attached hydrogens (primary N) is 1. The fourth-order valence-electron chi connectivity index (χ4n) is 1.83. The molecule has 2 aromatic heterocycles. The number of rotatable bonds is 2. The lowest BCUT2D eigenvalue weighted by Gasteiger charge is -2.00. The van der Waals surface area contributed by atoms with Crippen LogP contribution in [0.15, 0.2) is 50.0 Å². The summed E-state index contributed by atoms with van der Waals surface area (Å²) in [5.74, 6) is 0.668. The highest BCUT2D eigenvalue weighted by molar-refractivity contribution is 9.10. The van der Waals surface area contributed by atoms with Crippen LogP contribution < -0.4 is 5.73 Å². The zero-order valence-corrected chi connectivity index (χ0v) is 11.1. The molecule has 0 saturated carbocycles. The highest BCUT2D eigenvalue weighted by atomic mass is 79.9. The molecular formula is C13H8BrFN2O2. The summed E-state index contributed by atoms with van der Waals surface area (Å²) in [5.41, 5.74) is 6.89. The molecule has 0 radical (unpaired) electrons. The molecule has 0 fully saturated rings. The molecule has 4 nitrogen and oxygen atoms in total. The molecule has 0 spiro atoms. The molecule has 2 N–H and O–H groups in total. The molecule has 0 bridgehead atoms. The van der Waals surface area contributed by atoms with E-state index in [1.54, 1.807) is 24.3 Å². The topological polar surface area (TPSA) is 65.2 Å². The van der Waals surface area contributed by atoms with Crippen molar-refractivity contribution in [3.05, 3.63) is 46.9 Å². The van der Waals surface area contributed by atoms with Crippen molar-refractivity contribution >= 4 is 21.7 Å². The van der Waals surface area contributed by atoms with Crippen LogP contribution in [0.1, 0.15) is 0 Å². The third kappa shape index (κ3) is 2.15. The van der Waals surface area contributed by atoms with Gasteiger partial charge in [-0.15, -0.1) is 0 Å². The summed E-state index contributed by atoms with van der Waals surface area (Å²) in [6, 6.07) is 9.49. The molecular weight excluding hydrogens is 315 g/mol. The molecule has 6 heteroatoms. The summed E-state index contributed by atoms with van der Waals surface area (Å²) in [6.07, 6.45) is 0. The fourth-order valence-corrected chi connectivity index (χ4v) is 2.14. The molecule has 19 heavy (non-hydrogen) atoms. The van der Waals surface area contributed by atoms with Gasteiger partial charge in [0.05, 0.1) is 5.56 Å². The minimum Gasteiger partial charge on any atom is -0.446 e. The normalized spacial score (nSPS) is 10.8. The van der Waals surface area contributed by atoms with Gasteiger partial charge in [-0.05, 0) is 45.8 Å². The smallest absolute Gasteiger partial charge is 0.212 e. The summed E-state index contributed by atoms with van der Waals surface area (Å²) in [7, 11) is 0. The van der Waals surface area contributed by atoms with Crippen LogP contribution in [0.25, 0.3) is 22.6 Å². The van der Waals surface area contributed by atoms with E-state index in [0.717, 1.165) is 0 Å². The zero-order valence-electron chi connectivity index (χ0n) is 9.56. The molecule has 3 rings (SSSR count). The van der Waals surface area contributed by atoms with Gasteiger partial charge >= 0.3 is 0 Å². The Balaban J connectivity index is 2.19. The number of nitrogens with zero attached hydrogens (tertiary/aromatic N) is 1. The standard InChI is InChI=1S/C13H8BrFN2O2/c14-10-5-4-9(18-10)12-11(13(16)17-19-12)7-2-1-3-8(15)6-7/h1-6H,(H2,16,17). The van der Waals surface area contributed by atoms with Crippen molar-refractivity contribution in [2.24, 2.45) is 0 Å². The fraction of sp³-hybridized carbons (Fsp3) is 0. The Labute approximate surface area is 116 Å². The first-order valence-corrected chi connectivity index (χ1v) is 6.21. The summed E-state index contributed by atoms with van der Waals surface area (Å²) >= 11 is 3.21. The predicted molar refractivity (Wildman–Crippen MR) is 71.7 cm³/mol. The maximum absolute atomic E-state index is 13.3. The summed E-state index contributed by atoms with van der Waals surface area (Å²) < 4.78 is 24.5. The average molecular weight is 323 g/mol. The molecule has 0 amide bonds. The van der Waals surface area contributed by atoms with Crippen molar-refractivity contribution in [1.29, 1.82) is 0 Å². The van der Waals surface area contributed by atoms with Gasteiger partial charge < -0.3 is 14.7 Å². The second-order valence-electron chi connectivity index (χ2n) is 3.89. The van der Waals surface area contributed by atoms with E-state index in [1.165, 1.54) is 12.1 Å². The minimum atomic E-state index is -0.357. The maximum atomic E-state index is 13.3. The first-order valence-electron chi connectivity index (χ1n) is 5.42. The van der Waals surface area contributed by atoms with E-state index in [-0.39, 0.29) is 11.6 Å². The Bertz CT molecular complexity index is 736. The molecule has 0 saturated heterocycles. The van der Waals surface area contributed by atoms with Crippen LogP contribution in [0.3, 0.4) is 0 Å². The van der Waals surface area contributed by atoms with Crippen LogP contribution in [-0.4, -0.2) is 5.16 Å². The van der Waals surface area contributed by atoms with Crippen molar-refractivity contribution in [2.75, 3.05) is 5.73 Å². The number of anilines is 1. The van der Waals surface area contributed by atoms with E-state index >= 15 is 0 Å². The first-order chi connectivity index (χ1) is 9.15. The van der Waals surface area contributed by atoms with E-state index in [4.69, 9.17) is 14.7 Å². The highest BCUT2D eigenvalue weighted by Crippen LogP contribution is 2.37. The van der Waals surface area contributed by atoms with Gasteiger partial charge in [0, 0.05) is 0 Å². The second-order valence-corrected chi connectivity index (χ2v) is 4.67. The van der Waals surface area contributed by atoms with E-state index in [0.29, 0.717) is 27.3 Å². The Morgan fingerprint density at radius 1 is 1.21 bits per heavy atom. The lowest BCUT2D eigenvalue weighted by Crippen LogP contribution is -1.89. The number of hydrogen-bond donors (Lipinski definition) is 1. The monoisotopic (exact) mass is 322 g/mol. The van der Waals surface area contributed by atoms with Crippen LogP contribution in [-0.2, 0) is 0 Å². The van der Waals surface area contributed by atoms with Crippen LogP contribution in [0.4, 0.5) is 10.2 Å². The van der Waals surface area contributed by atoms with Crippen molar-refractivity contribution in [2.45, 2.75) is 0 Å². The average Bonchev–Trinajstić information content (AvgIpc) is 2.95. The Morgan fingerprint density at radius 2 is 2.05 bits per heavy atom. The number of hydrogen-bond acceptors (Lipinski definition) is 4. The van der Waals surface area contributed by atoms with Gasteiger partial charge in [-0.25, -0.2) is 4.39 Å². The predicted octanol–water partition coefficient (Wildman–Crippen LogP) is 4.09. The lowest BCUT2D eigenvalue weighted by molar-refractivity contribution is 0.419. The number of nitrogen functional groups attached to an aromatic ring is 1. The van der Waals surface area contributed by atoms with E-state index in [9.17, 15) is 4.39 Å². The van der Waals surface area contributed by atoms with Gasteiger partial charge in [0.1, 0.15) is 5.82 Å². The first kappa shape index (κ1) is 12.0. The molecule has 0 unspecified atom stereocenters. The Kier molecular flexibility index (Phi) is 2.87. The number of benzene rings is 1. The van der Waals surface area contributed by atoms with E-state index in [1.807, 2.05) is 0 Å². The third-order valence-electron chi connectivity index (χ3n) is 2.63.